The van der Waals surface area contributed by atoms with Crippen LogP contribution in [-0.4, -0.2) is 35.6 Å². The Morgan fingerprint density at radius 3 is 2.60 bits per heavy atom. The van der Waals surface area contributed by atoms with Crippen LogP contribution in [0.1, 0.15) is 33.6 Å². The van der Waals surface area contributed by atoms with Gasteiger partial charge in [-0.05, 0) is 67.2 Å². The highest BCUT2D eigenvalue weighted by Crippen LogP contribution is 2.38. The third kappa shape index (κ3) is 3.98. The number of anilines is 1. The fourth-order valence-corrected chi connectivity index (χ4v) is 3.23. The lowest BCUT2D eigenvalue weighted by atomic mass is 10.0. The molecule has 0 aliphatic carbocycles. The Morgan fingerprint density at radius 2 is 1.96 bits per heavy atom. The molecule has 2 amide bonds. The Balaban J connectivity index is 1.72. The molecule has 134 valence electrons. The molecule has 0 unspecified atom stereocenters. The molecule has 0 bridgehead atoms. The lowest BCUT2D eigenvalue weighted by molar-refractivity contribution is -0.115. The van der Waals surface area contributed by atoms with Crippen LogP contribution in [0.4, 0.5) is 10.5 Å². The number of rotatable bonds is 0. The first-order valence-electron chi connectivity index (χ1n) is 8.22. The van der Waals surface area contributed by atoms with Gasteiger partial charge in [0, 0.05) is 17.6 Å². The van der Waals surface area contributed by atoms with Crippen LogP contribution < -0.4 is 10.1 Å². The minimum absolute atomic E-state index is 0.250. The van der Waals surface area contributed by atoms with Gasteiger partial charge in [-0.1, -0.05) is 6.07 Å². The second-order valence-electron chi connectivity index (χ2n) is 7.07. The fraction of sp³-hybridized carbons (Fsp3) is 0.444. The molecule has 2 heterocycles. The molecule has 2 aliphatic rings. The summed E-state index contributed by atoms with van der Waals surface area (Å²) in [5.74, 6) is 0.709. The van der Waals surface area contributed by atoms with Gasteiger partial charge in [-0.15, -0.1) is 0 Å². The van der Waals surface area contributed by atoms with Gasteiger partial charge in [0.15, 0.2) is 11.5 Å². The van der Waals surface area contributed by atoms with Crippen LogP contribution in [-0.2, 0) is 9.53 Å². The molecule has 1 aromatic carbocycles. The van der Waals surface area contributed by atoms with Crippen molar-refractivity contribution in [2.24, 2.45) is 0 Å². The minimum Gasteiger partial charge on any atom is -0.449 e. The molecule has 1 saturated heterocycles. The van der Waals surface area contributed by atoms with Crippen LogP contribution in [0.25, 0.3) is 0 Å². The number of nitrogens with one attached hydrogen (secondary N) is 1. The van der Waals surface area contributed by atoms with Crippen molar-refractivity contribution in [3.63, 3.8) is 0 Å². The van der Waals surface area contributed by atoms with E-state index in [1.165, 1.54) is 0 Å². The second kappa shape index (κ2) is 6.71. The average molecular weight is 409 g/mol. The number of fused-ring (bicyclic) bond motifs is 1. The number of hydrogen-bond donors (Lipinski definition) is 1. The number of nitrogens with zero attached hydrogens (tertiary/aromatic N) is 1. The molecule has 1 N–H and O–H groups in total. The number of hydrogen-bond acceptors (Lipinski definition) is 4. The maximum atomic E-state index is 12.4. The van der Waals surface area contributed by atoms with E-state index in [0.717, 1.165) is 10.0 Å². The second-order valence-corrected chi connectivity index (χ2v) is 7.92. The molecule has 0 atom stereocenters. The number of halogens is 1. The molecule has 6 nitrogen and oxygen atoms in total. The monoisotopic (exact) mass is 408 g/mol. The van der Waals surface area contributed by atoms with E-state index in [4.69, 9.17) is 9.47 Å². The number of carbonyl (C=O) groups excluding carboxylic acids is 2. The molecule has 7 heteroatoms. The predicted octanol–water partition coefficient (Wildman–Crippen LogP) is 4.07. The smallest absolute Gasteiger partial charge is 0.410 e. The Hall–Kier alpha value is -2.02. The Kier molecular flexibility index (Phi) is 4.77. The van der Waals surface area contributed by atoms with Gasteiger partial charge in [-0.2, -0.15) is 0 Å². The van der Waals surface area contributed by atoms with E-state index in [1.807, 2.05) is 39.0 Å². The van der Waals surface area contributed by atoms with Crippen LogP contribution in [0.15, 0.2) is 34.0 Å². The summed E-state index contributed by atoms with van der Waals surface area (Å²) in [6, 6.07) is 5.52. The number of carbonyl (C=O) groups is 2. The van der Waals surface area contributed by atoms with Gasteiger partial charge in [0.1, 0.15) is 5.60 Å². The highest BCUT2D eigenvalue weighted by molar-refractivity contribution is 9.10. The van der Waals surface area contributed by atoms with Crippen molar-refractivity contribution in [3.05, 3.63) is 34.0 Å². The molecular weight excluding hydrogens is 388 g/mol. The van der Waals surface area contributed by atoms with E-state index in [9.17, 15) is 9.59 Å². The van der Waals surface area contributed by atoms with Gasteiger partial charge in [0.25, 0.3) is 5.91 Å². The third-order valence-corrected chi connectivity index (χ3v) is 4.63. The SMILES string of the molecule is CC(C)(C)OC(=O)N1CCC(=C2Oc3cccc(Br)c3NC2=O)CC1. The van der Waals surface area contributed by atoms with Crippen molar-refractivity contribution >= 4 is 33.6 Å². The van der Waals surface area contributed by atoms with Crippen molar-refractivity contribution in [1.82, 2.24) is 4.90 Å². The highest BCUT2D eigenvalue weighted by atomic mass is 79.9. The number of amides is 2. The average Bonchev–Trinajstić information content (AvgIpc) is 2.54. The van der Waals surface area contributed by atoms with Crippen molar-refractivity contribution in [1.29, 1.82) is 0 Å². The summed E-state index contributed by atoms with van der Waals surface area (Å²) in [6.07, 6.45) is 0.858. The summed E-state index contributed by atoms with van der Waals surface area (Å²) in [7, 11) is 0. The van der Waals surface area contributed by atoms with Crippen LogP contribution in [0, 0.1) is 0 Å². The lowest BCUT2D eigenvalue weighted by Crippen LogP contribution is -2.41. The molecular formula is C18H21BrN2O4. The Labute approximate surface area is 155 Å². The number of likely N-dealkylation sites (tertiary alicyclic amines) is 1. The zero-order valence-electron chi connectivity index (χ0n) is 14.5. The van der Waals surface area contributed by atoms with Gasteiger partial charge < -0.3 is 19.7 Å². The van der Waals surface area contributed by atoms with E-state index < -0.39 is 5.60 Å². The normalized spacial score (nSPS) is 17.6. The predicted molar refractivity (Wildman–Crippen MR) is 97.5 cm³/mol. The molecule has 0 saturated carbocycles. The summed E-state index contributed by atoms with van der Waals surface area (Å²) in [5.41, 5.74) is 1.05. The van der Waals surface area contributed by atoms with E-state index in [-0.39, 0.29) is 12.0 Å². The summed E-state index contributed by atoms with van der Waals surface area (Å²) >= 11 is 3.40. The first-order chi connectivity index (χ1) is 11.7. The van der Waals surface area contributed by atoms with E-state index in [1.54, 1.807) is 4.90 Å². The molecule has 0 radical (unpaired) electrons. The third-order valence-electron chi connectivity index (χ3n) is 3.97. The van der Waals surface area contributed by atoms with Gasteiger partial charge in [0.05, 0.1) is 5.69 Å². The maximum Gasteiger partial charge on any atom is 0.410 e. The minimum atomic E-state index is -0.515. The zero-order valence-corrected chi connectivity index (χ0v) is 16.1. The lowest BCUT2D eigenvalue weighted by Gasteiger charge is -2.32. The highest BCUT2D eigenvalue weighted by Gasteiger charge is 2.30. The van der Waals surface area contributed by atoms with Gasteiger partial charge in [0.2, 0.25) is 0 Å². The van der Waals surface area contributed by atoms with Crippen molar-refractivity contribution in [3.8, 4) is 5.75 Å². The van der Waals surface area contributed by atoms with E-state index in [2.05, 4.69) is 21.2 Å². The topological polar surface area (TPSA) is 67.9 Å². The van der Waals surface area contributed by atoms with E-state index >= 15 is 0 Å². The standard InChI is InChI=1S/C18H21BrN2O4/c1-18(2,3)25-17(23)21-9-7-11(8-10-21)15-16(22)20-14-12(19)5-4-6-13(14)24-15/h4-6H,7-10H2,1-3H3,(H,20,22). The first-order valence-corrected chi connectivity index (χ1v) is 9.01. The van der Waals surface area contributed by atoms with Gasteiger partial charge in [-0.25, -0.2) is 4.79 Å². The Bertz CT molecular complexity index is 742. The maximum absolute atomic E-state index is 12.4. The summed E-state index contributed by atoms with van der Waals surface area (Å²) < 4.78 is 12.0. The molecule has 1 fully saturated rings. The fourth-order valence-electron chi connectivity index (χ4n) is 2.78. The summed E-state index contributed by atoms with van der Waals surface area (Å²) in [6.45, 7) is 6.56. The number of benzene rings is 1. The number of para-hydroxylation sites is 1. The Morgan fingerprint density at radius 1 is 1.28 bits per heavy atom. The van der Waals surface area contributed by atoms with Crippen molar-refractivity contribution in [2.75, 3.05) is 18.4 Å². The van der Waals surface area contributed by atoms with Gasteiger partial charge in [-0.3, -0.25) is 4.79 Å². The quantitative estimate of drug-likeness (QED) is 0.657. The van der Waals surface area contributed by atoms with Crippen LogP contribution in [0.3, 0.4) is 0 Å². The molecule has 0 aromatic heterocycles. The summed E-state index contributed by atoms with van der Waals surface area (Å²) in [4.78, 5) is 26.2. The van der Waals surface area contributed by atoms with Gasteiger partial charge >= 0.3 is 6.09 Å². The molecule has 25 heavy (non-hydrogen) atoms. The van der Waals surface area contributed by atoms with Crippen molar-refractivity contribution in [2.45, 2.75) is 39.2 Å². The van der Waals surface area contributed by atoms with E-state index in [0.29, 0.717) is 43.1 Å². The molecule has 2 aliphatic heterocycles. The van der Waals surface area contributed by atoms with Crippen LogP contribution in [0.5, 0.6) is 5.75 Å². The van der Waals surface area contributed by atoms with Crippen LogP contribution >= 0.6 is 15.9 Å². The van der Waals surface area contributed by atoms with Crippen LogP contribution in [0.2, 0.25) is 0 Å². The summed E-state index contributed by atoms with van der Waals surface area (Å²) in [5, 5.41) is 2.87. The number of ether oxygens (including phenoxy) is 2. The van der Waals surface area contributed by atoms with Crippen molar-refractivity contribution < 1.29 is 19.1 Å². The largest absolute Gasteiger partial charge is 0.449 e. The zero-order chi connectivity index (χ0) is 18.2. The molecule has 3 rings (SSSR count). The molecule has 0 spiro atoms. The molecule has 1 aromatic rings. The first kappa shape index (κ1) is 17.8. The number of piperidine rings is 1.